The highest BCUT2D eigenvalue weighted by Crippen LogP contribution is 2.10. The van der Waals surface area contributed by atoms with Crippen LogP contribution in [0.15, 0.2) is 36.7 Å². The standard InChI is InChI=1S/C12H13FN4O/c1-2-17-8-11(7-14-17)16-12(18)15-10-5-3-4-9(13)6-10/h3-8H,2H2,1H3,(H2,15,16,18). The molecule has 6 heteroatoms. The van der Waals surface area contributed by atoms with Gasteiger partial charge in [-0.25, -0.2) is 9.18 Å². The van der Waals surface area contributed by atoms with Gasteiger partial charge < -0.3 is 10.6 Å². The Bertz CT molecular complexity index is 553. The second-order valence-corrected chi connectivity index (χ2v) is 3.67. The summed E-state index contributed by atoms with van der Waals surface area (Å²) in [6.45, 7) is 2.68. The number of anilines is 2. The van der Waals surface area contributed by atoms with Crippen LogP contribution in [0.2, 0.25) is 0 Å². The molecule has 0 saturated carbocycles. The molecule has 2 N–H and O–H groups in total. The second kappa shape index (κ2) is 5.31. The van der Waals surface area contributed by atoms with Gasteiger partial charge in [-0.15, -0.1) is 0 Å². The van der Waals surface area contributed by atoms with E-state index in [1.54, 1.807) is 23.1 Å². The third-order valence-corrected chi connectivity index (χ3v) is 2.30. The molecule has 1 aromatic carbocycles. The van der Waals surface area contributed by atoms with Gasteiger partial charge in [0.25, 0.3) is 0 Å². The van der Waals surface area contributed by atoms with Crippen molar-refractivity contribution in [3.63, 3.8) is 0 Å². The molecule has 1 aromatic heterocycles. The second-order valence-electron chi connectivity index (χ2n) is 3.67. The first-order valence-electron chi connectivity index (χ1n) is 5.53. The summed E-state index contributed by atoms with van der Waals surface area (Å²) in [6, 6.07) is 5.26. The fourth-order valence-electron chi connectivity index (χ4n) is 1.46. The minimum absolute atomic E-state index is 0.397. The molecule has 0 spiro atoms. The van der Waals surface area contributed by atoms with E-state index < -0.39 is 11.8 Å². The molecular weight excluding hydrogens is 235 g/mol. The summed E-state index contributed by atoms with van der Waals surface area (Å²) in [7, 11) is 0. The molecule has 0 fully saturated rings. The Labute approximate surface area is 104 Å². The highest BCUT2D eigenvalue weighted by Gasteiger charge is 2.04. The minimum atomic E-state index is -0.434. The van der Waals surface area contributed by atoms with E-state index in [4.69, 9.17) is 0 Å². The molecule has 0 aliphatic rings. The zero-order valence-electron chi connectivity index (χ0n) is 9.85. The van der Waals surface area contributed by atoms with Gasteiger partial charge in [0.15, 0.2) is 0 Å². The number of urea groups is 1. The van der Waals surface area contributed by atoms with Crippen molar-refractivity contribution in [1.82, 2.24) is 9.78 Å². The molecule has 2 rings (SSSR count). The van der Waals surface area contributed by atoms with Gasteiger partial charge in [-0.2, -0.15) is 5.10 Å². The van der Waals surface area contributed by atoms with Crippen molar-refractivity contribution >= 4 is 17.4 Å². The van der Waals surface area contributed by atoms with Gasteiger partial charge in [0.2, 0.25) is 0 Å². The minimum Gasteiger partial charge on any atom is -0.308 e. The van der Waals surface area contributed by atoms with Crippen molar-refractivity contribution in [3.05, 3.63) is 42.5 Å². The molecule has 0 unspecified atom stereocenters. The van der Waals surface area contributed by atoms with Crippen LogP contribution in [0.3, 0.4) is 0 Å². The van der Waals surface area contributed by atoms with Crippen molar-refractivity contribution in [2.24, 2.45) is 0 Å². The van der Waals surface area contributed by atoms with Crippen molar-refractivity contribution in [2.75, 3.05) is 10.6 Å². The number of hydrogen-bond donors (Lipinski definition) is 2. The molecule has 2 aromatic rings. The number of hydrogen-bond acceptors (Lipinski definition) is 2. The summed E-state index contributed by atoms with van der Waals surface area (Å²) in [5.74, 6) is -0.397. The zero-order valence-corrected chi connectivity index (χ0v) is 9.85. The Balaban J connectivity index is 1.96. The van der Waals surface area contributed by atoms with Crippen LogP contribution in [0, 0.1) is 5.82 Å². The van der Waals surface area contributed by atoms with Crippen molar-refractivity contribution in [2.45, 2.75) is 13.5 Å². The maximum Gasteiger partial charge on any atom is 0.323 e. The molecule has 94 valence electrons. The van der Waals surface area contributed by atoms with Crippen LogP contribution < -0.4 is 10.6 Å². The van der Waals surface area contributed by atoms with Crippen molar-refractivity contribution in [3.8, 4) is 0 Å². The van der Waals surface area contributed by atoms with Gasteiger partial charge in [-0.05, 0) is 25.1 Å². The lowest BCUT2D eigenvalue weighted by atomic mass is 10.3. The summed E-state index contributed by atoms with van der Waals surface area (Å²) >= 11 is 0. The number of amides is 2. The van der Waals surface area contributed by atoms with Crippen molar-refractivity contribution < 1.29 is 9.18 Å². The van der Waals surface area contributed by atoms with E-state index in [1.165, 1.54) is 18.2 Å². The van der Waals surface area contributed by atoms with E-state index in [0.717, 1.165) is 6.54 Å². The number of aromatic nitrogens is 2. The zero-order chi connectivity index (χ0) is 13.0. The van der Waals surface area contributed by atoms with Gasteiger partial charge in [0.1, 0.15) is 5.82 Å². The molecule has 1 heterocycles. The summed E-state index contributed by atoms with van der Waals surface area (Å²) in [5.41, 5.74) is 0.987. The Morgan fingerprint density at radius 2 is 2.17 bits per heavy atom. The third-order valence-electron chi connectivity index (χ3n) is 2.30. The first-order chi connectivity index (χ1) is 8.67. The van der Waals surface area contributed by atoms with E-state index in [2.05, 4.69) is 15.7 Å². The van der Waals surface area contributed by atoms with Crippen LogP contribution in [0.1, 0.15) is 6.92 Å². The molecule has 18 heavy (non-hydrogen) atoms. The molecule has 0 bridgehead atoms. The lowest BCUT2D eigenvalue weighted by molar-refractivity contribution is 0.262. The average Bonchev–Trinajstić information content (AvgIpc) is 2.76. The monoisotopic (exact) mass is 248 g/mol. The van der Waals surface area contributed by atoms with E-state index >= 15 is 0 Å². The lowest BCUT2D eigenvalue weighted by Gasteiger charge is -2.05. The van der Waals surface area contributed by atoms with Crippen LogP contribution >= 0.6 is 0 Å². The predicted molar refractivity (Wildman–Crippen MR) is 66.9 cm³/mol. The molecule has 0 atom stereocenters. The highest BCUT2D eigenvalue weighted by molar-refractivity contribution is 5.99. The van der Waals surface area contributed by atoms with Gasteiger partial charge in [-0.3, -0.25) is 4.68 Å². The molecule has 2 amide bonds. The van der Waals surface area contributed by atoms with Crippen LogP contribution in [0.25, 0.3) is 0 Å². The molecule has 0 radical (unpaired) electrons. The summed E-state index contributed by atoms with van der Waals surface area (Å²) in [4.78, 5) is 11.6. The van der Waals surface area contributed by atoms with E-state index in [9.17, 15) is 9.18 Å². The average molecular weight is 248 g/mol. The van der Waals surface area contributed by atoms with E-state index in [0.29, 0.717) is 11.4 Å². The number of carbonyl (C=O) groups excluding carboxylic acids is 1. The normalized spacial score (nSPS) is 10.1. The maximum atomic E-state index is 12.9. The highest BCUT2D eigenvalue weighted by atomic mass is 19.1. The molecule has 0 aliphatic carbocycles. The number of carbonyl (C=O) groups is 1. The fraction of sp³-hybridized carbons (Fsp3) is 0.167. The van der Waals surface area contributed by atoms with Gasteiger partial charge in [0, 0.05) is 18.4 Å². The van der Waals surface area contributed by atoms with Crippen LogP contribution in [-0.4, -0.2) is 15.8 Å². The Morgan fingerprint density at radius 1 is 1.39 bits per heavy atom. The van der Waals surface area contributed by atoms with Gasteiger partial charge in [-0.1, -0.05) is 6.07 Å². The Morgan fingerprint density at radius 3 is 2.83 bits per heavy atom. The summed E-state index contributed by atoms with van der Waals surface area (Å²) in [6.07, 6.45) is 3.26. The number of nitrogens with zero attached hydrogens (tertiary/aromatic N) is 2. The molecule has 0 saturated heterocycles. The Kier molecular flexibility index (Phi) is 3.57. The van der Waals surface area contributed by atoms with Crippen LogP contribution in [0.4, 0.5) is 20.6 Å². The van der Waals surface area contributed by atoms with Crippen LogP contribution in [0.5, 0.6) is 0 Å². The van der Waals surface area contributed by atoms with E-state index in [-0.39, 0.29) is 0 Å². The number of halogens is 1. The first-order valence-corrected chi connectivity index (χ1v) is 5.53. The lowest BCUT2D eigenvalue weighted by Crippen LogP contribution is -2.19. The quantitative estimate of drug-likeness (QED) is 0.877. The number of benzene rings is 1. The van der Waals surface area contributed by atoms with Gasteiger partial charge >= 0.3 is 6.03 Å². The Hall–Kier alpha value is -2.37. The molecule has 0 aliphatic heterocycles. The molecular formula is C12H13FN4O. The topological polar surface area (TPSA) is 59.0 Å². The van der Waals surface area contributed by atoms with Crippen LogP contribution in [-0.2, 0) is 6.54 Å². The smallest absolute Gasteiger partial charge is 0.308 e. The third kappa shape index (κ3) is 3.07. The van der Waals surface area contributed by atoms with E-state index in [1.807, 2.05) is 6.92 Å². The van der Waals surface area contributed by atoms with Crippen molar-refractivity contribution in [1.29, 1.82) is 0 Å². The predicted octanol–water partition coefficient (Wildman–Crippen LogP) is 2.69. The summed E-state index contributed by atoms with van der Waals surface area (Å²) in [5, 5.41) is 9.16. The summed E-state index contributed by atoms with van der Waals surface area (Å²) < 4.78 is 14.6. The largest absolute Gasteiger partial charge is 0.323 e. The number of aryl methyl sites for hydroxylation is 1. The fourth-order valence-corrected chi connectivity index (χ4v) is 1.46. The molecule has 5 nitrogen and oxygen atoms in total. The first kappa shape index (κ1) is 12.1. The maximum absolute atomic E-state index is 12.9. The number of nitrogens with one attached hydrogen (secondary N) is 2. The van der Waals surface area contributed by atoms with Gasteiger partial charge in [0.05, 0.1) is 11.9 Å². The number of rotatable bonds is 3. The SMILES string of the molecule is CCn1cc(NC(=O)Nc2cccc(F)c2)cn1.